The minimum Gasteiger partial charge on any atom is -0.326 e. The number of aryl methyl sites for hydroxylation is 2. The second kappa shape index (κ2) is 11.0. The Balaban J connectivity index is 1.32. The van der Waals surface area contributed by atoms with Crippen molar-refractivity contribution in [1.82, 2.24) is 9.62 Å². The first-order valence-electron chi connectivity index (χ1n) is 13.1. The summed E-state index contributed by atoms with van der Waals surface area (Å²) in [5.74, 6) is -0.382. The highest BCUT2D eigenvalue weighted by Crippen LogP contribution is 2.39. The second-order valence-electron chi connectivity index (χ2n) is 10.8. The molecule has 0 atom stereocenters. The van der Waals surface area contributed by atoms with Gasteiger partial charge < -0.3 is 10.6 Å². The molecule has 0 aromatic heterocycles. The molecule has 2 heterocycles. The maximum atomic E-state index is 13.1. The number of amides is 2. The number of rotatable bonds is 7. The fraction of sp³-hybridized carbons (Fsp3) is 0.654. The van der Waals surface area contributed by atoms with E-state index in [-0.39, 0.29) is 55.3 Å². The van der Waals surface area contributed by atoms with Crippen LogP contribution in [0.25, 0.3) is 0 Å². The molecule has 2 amide bonds. The molecule has 0 unspecified atom stereocenters. The number of anilines is 1. The van der Waals surface area contributed by atoms with Gasteiger partial charge in [-0.1, -0.05) is 6.07 Å². The Morgan fingerprint density at radius 1 is 1.18 bits per heavy atom. The van der Waals surface area contributed by atoms with Crippen LogP contribution in [-0.2, 0) is 26.0 Å². The maximum Gasteiger partial charge on any atom is 0.389 e. The monoisotopic (exact) mass is 556 g/mol. The standard InChI is InChI=1S/C26H35F3N4O4S/c1-17-15-22(30-18(2)34)8-7-20(17)9-14-38(36,37)33-12-10-25(11-13-33)24(35)31-23(32-25)21-5-3-19(4-6-21)16-26(27,28)29/h7-8,15,19,21H,3-6,9-14,16H2,1-2H3,(H,30,34)(H,31,32,35)/t19-,21-. The number of benzene rings is 1. The summed E-state index contributed by atoms with van der Waals surface area (Å²) in [5.41, 5.74) is 1.43. The number of amidine groups is 1. The lowest BCUT2D eigenvalue weighted by Gasteiger charge is -2.34. The van der Waals surface area contributed by atoms with Crippen LogP contribution in [0, 0.1) is 18.8 Å². The second-order valence-corrected chi connectivity index (χ2v) is 12.9. The molecule has 1 saturated carbocycles. The van der Waals surface area contributed by atoms with Gasteiger partial charge in [-0.3, -0.25) is 14.6 Å². The van der Waals surface area contributed by atoms with Crippen molar-refractivity contribution >= 4 is 33.4 Å². The lowest BCUT2D eigenvalue weighted by atomic mass is 9.80. The fourth-order valence-electron chi connectivity index (χ4n) is 5.80. The van der Waals surface area contributed by atoms with E-state index in [9.17, 15) is 31.2 Å². The Labute approximate surface area is 221 Å². The summed E-state index contributed by atoms with van der Waals surface area (Å²) in [4.78, 5) is 28.8. The Hall–Kier alpha value is -2.47. The van der Waals surface area contributed by atoms with Gasteiger partial charge >= 0.3 is 6.18 Å². The molecule has 0 bridgehead atoms. The van der Waals surface area contributed by atoms with Crippen LogP contribution in [0.5, 0.6) is 0 Å². The van der Waals surface area contributed by atoms with Gasteiger partial charge in [-0.25, -0.2) is 12.7 Å². The van der Waals surface area contributed by atoms with Gasteiger partial charge in [-0.05, 0) is 81.0 Å². The molecule has 3 aliphatic rings. The number of nitrogens with one attached hydrogen (secondary N) is 2. The molecule has 1 aromatic rings. The Bertz CT molecular complexity index is 1200. The lowest BCUT2D eigenvalue weighted by Crippen LogP contribution is -2.51. The average molecular weight is 557 g/mol. The van der Waals surface area contributed by atoms with Crippen LogP contribution in [0.2, 0.25) is 0 Å². The van der Waals surface area contributed by atoms with Crippen LogP contribution >= 0.6 is 0 Å². The van der Waals surface area contributed by atoms with E-state index in [1.54, 1.807) is 6.07 Å². The van der Waals surface area contributed by atoms with Crippen molar-refractivity contribution in [3.63, 3.8) is 0 Å². The van der Waals surface area contributed by atoms with E-state index in [0.717, 1.165) is 11.1 Å². The minimum absolute atomic E-state index is 0.0650. The van der Waals surface area contributed by atoms with Gasteiger partial charge in [0.2, 0.25) is 15.9 Å². The Kier molecular flexibility index (Phi) is 8.23. The largest absolute Gasteiger partial charge is 0.389 e. The van der Waals surface area contributed by atoms with Gasteiger partial charge in [-0.2, -0.15) is 13.2 Å². The van der Waals surface area contributed by atoms with Crippen LogP contribution in [-0.4, -0.2) is 60.9 Å². The predicted octanol–water partition coefficient (Wildman–Crippen LogP) is 3.95. The van der Waals surface area contributed by atoms with Gasteiger partial charge in [-0.15, -0.1) is 0 Å². The maximum absolute atomic E-state index is 13.1. The van der Waals surface area contributed by atoms with Crippen molar-refractivity contribution < 1.29 is 31.2 Å². The number of carbonyl (C=O) groups excluding carboxylic acids is 2. The summed E-state index contributed by atoms with van der Waals surface area (Å²) in [7, 11) is -3.55. The number of sulfonamides is 1. The normalized spacial score (nSPS) is 24.2. The van der Waals surface area contributed by atoms with Gasteiger partial charge in [0.25, 0.3) is 5.91 Å². The first-order valence-corrected chi connectivity index (χ1v) is 14.7. The zero-order valence-corrected chi connectivity index (χ0v) is 22.6. The van der Waals surface area contributed by atoms with Crippen molar-refractivity contribution in [1.29, 1.82) is 0 Å². The molecule has 8 nitrogen and oxygen atoms in total. The summed E-state index contributed by atoms with van der Waals surface area (Å²) in [6.45, 7) is 3.67. The smallest absolute Gasteiger partial charge is 0.326 e. The van der Waals surface area contributed by atoms with E-state index in [2.05, 4.69) is 10.6 Å². The number of hydrogen-bond donors (Lipinski definition) is 2. The number of hydrogen-bond acceptors (Lipinski definition) is 5. The average Bonchev–Trinajstić information content (AvgIpc) is 3.13. The summed E-state index contributed by atoms with van der Waals surface area (Å²) in [6.07, 6.45) is -2.04. The summed E-state index contributed by atoms with van der Waals surface area (Å²) >= 11 is 0. The van der Waals surface area contributed by atoms with Crippen molar-refractivity contribution in [3.8, 4) is 0 Å². The molecule has 210 valence electrons. The molecular weight excluding hydrogens is 521 g/mol. The molecule has 1 aliphatic carbocycles. The predicted molar refractivity (Wildman–Crippen MR) is 138 cm³/mol. The molecular formula is C26H35F3N4O4S. The third-order valence-electron chi connectivity index (χ3n) is 7.99. The lowest BCUT2D eigenvalue weighted by molar-refractivity contribution is -0.146. The zero-order valence-electron chi connectivity index (χ0n) is 21.7. The van der Waals surface area contributed by atoms with E-state index in [1.165, 1.54) is 11.2 Å². The molecule has 1 aromatic carbocycles. The van der Waals surface area contributed by atoms with E-state index in [4.69, 9.17) is 4.99 Å². The topological polar surface area (TPSA) is 108 Å². The van der Waals surface area contributed by atoms with Crippen LogP contribution < -0.4 is 10.6 Å². The number of carbonyl (C=O) groups is 2. The highest BCUT2D eigenvalue weighted by atomic mass is 32.2. The third-order valence-corrected chi connectivity index (χ3v) is 9.86. The van der Waals surface area contributed by atoms with Gasteiger partial charge in [0.05, 0.1) is 5.75 Å². The van der Waals surface area contributed by atoms with Crippen molar-refractivity contribution in [2.24, 2.45) is 16.8 Å². The number of halogens is 3. The molecule has 2 fully saturated rings. The number of alkyl halides is 3. The quantitative estimate of drug-likeness (QED) is 0.530. The number of piperidine rings is 1. The van der Waals surface area contributed by atoms with E-state index >= 15 is 0 Å². The minimum atomic E-state index is -4.16. The zero-order chi connectivity index (χ0) is 27.7. The molecule has 2 aliphatic heterocycles. The molecule has 0 radical (unpaired) electrons. The number of nitrogens with zero attached hydrogens (tertiary/aromatic N) is 2. The van der Waals surface area contributed by atoms with Crippen LogP contribution in [0.3, 0.4) is 0 Å². The van der Waals surface area contributed by atoms with Crippen LogP contribution in [0.15, 0.2) is 23.2 Å². The van der Waals surface area contributed by atoms with E-state index in [1.807, 2.05) is 19.1 Å². The van der Waals surface area contributed by atoms with Crippen LogP contribution in [0.1, 0.15) is 63.0 Å². The van der Waals surface area contributed by atoms with Crippen molar-refractivity contribution in [2.75, 3.05) is 24.2 Å². The highest BCUT2D eigenvalue weighted by Gasteiger charge is 2.48. The van der Waals surface area contributed by atoms with E-state index in [0.29, 0.717) is 43.6 Å². The van der Waals surface area contributed by atoms with Gasteiger partial charge in [0.1, 0.15) is 11.4 Å². The van der Waals surface area contributed by atoms with Crippen molar-refractivity contribution in [3.05, 3.63) is 29.3 Å². The SMILES string of the molecule is CC(=O)Nc1ccc(CCS(=O)(=O)N2CCC3(CC2)N=C([C@H]2CC[C@H](CC(F)(F)F)CC2)NC3=O)c(C)c1. The molecule has 1 spiro atoms. The Morgan fingerprint density at radius 3 is 2.42 bits per heavy atom. The van der Waals surface area contributed by atoms with Crippen LogP contribution in [0.4, 0.5) is 18.9 Å². The van der Waals surface area contributed by atoms with Gasteiger partial charge in [0, 0.05) is 38.0 Å². The Morgan fingerprint density at radius 2 is 1.84 bits per heavy atom. The molecule has 38 heavy (non-hydrogen) atoms. The highest BCUT2D eigenvalue weighted by molar-refractivity contribution is 7.89. The molecule has 1 saturated heterocycles. The molecule has 2 N–H and O–H groups in total. The molecule has 12 heteroatoms. The third kappa shape index (κ3) is 6.74. The van der Waals surface area contributed by atoms with E-state index < -0.39 is 28.2 Å². The molecule has 4 rings (SSSR count). The first kappa shape index (κ1) is 28.5. The van der Waals surface area contributed by atoms with Gasteiger partial charge in [0.15, 0.2) is 0 Å². The fourth-order valence-corrected chi connectivity index (χ4v) is 7.28. The first-order chi connectivity index (χ1) is 17.8. The summed E-state index contributed by atoms with van der Waals surface area (Å²) in [6, 6.07) is 5.38. The number of aliphatic imine (C=N–C) groups is 1. The summed E-state index contributed by atoms with van der Waals surface area (Å²) in [5, 5.41) is 5.57. The van der Waals surface area contributed by atoms with Crippen molar-refractivity contribution in [2.45, 2.75) is 76.9 Å². The summed E-state index contributed by atoms with van der Waals surface area (Å²) < 4.78 is 65.7.